The van der Waals surface area contributed by atoms with E-state index in [9.17, 15) is 18.0 Å². The van der Waals surface area contributed by atoms with Crippen molar-refractivity contribution in [3.05, 3.63) is 40.4 Å². The Labute approximate surface area is 156 Å². The first-order chi connectivity index (χ1) is 13.4. The van der Waals surface area contributed by atoms with Gasteiger partial charge in [0.2, 0.25) is 0 Å². The zero-order valence-electron chi connectivity index (χ0n) is 14.6. The van der Waals surface area contributed by atoms with E-state index < -0.39 is 12.0 Å². The molecule has 0 saturated carbocycles. The molecule has 0 bridgehead atoms. The van der Waals surface area contributed by atoms with E-state index in [0.29, 0.717) is 16.9 Å². The van der Waals surface area contributed by atoms with Crippen molar-refractivity contribution in [2.45, 2.75) is 31.5 Å². The van der Waals surface area contributed by atoms with E-state index in [4.69, 9.17) is 0 Å². The standard InChI is InChI=1S/C16H17F3N8O/c17-16(18,19)15-24-22-13-5-4-11(25-27(13)15)20-9-10-3-1-2-8-26(10)12-6-7-14(28)23-21-12/h4-7,10H,1-3,8-9H2,(H,20,25)(H,23,28). The number of hydrogen-bond donors (Lipinski definition) is 2. The lowest BCUT2D eigenvalue weighted by Gasteiger charge is -2.36. The first kappa shape index (κ1) is 18.2. The van der Waals surface area contributed by atoms with Crippen LogP contribution in [0.3, 0.4) is 0 Å². The Morgan fingerprint density at radius 3 is 2.79 bits per heavy atom. The average molecular weight is 394 g/mol. The van der Waals surface area contributed by atoms with E-state index >= 15 is 0 Å². The highest BCUT2D eigenvalue weighted by atomic mass is 19.4. The van der Waals surface area contributed by atoms with E-state index in [0.717, 1.165) is 25.8 Å². The van der Waals surface area contributed by atoms with Gasteiger partial charge in [0.1, 0.15) is 11.6 Å². The van der Waals surface area contributed by atoms with Gasteiger partial charge >= 0.3 is 6.18 Å². The number of nitrogens with one attached hydrogen (secondary N) is 2. The summed E-state index contributed by atoms with van der Waals surface area (Å²) in [6, 6.07) is 6.14. The molecular formula is C16H17F3N8O. The second-order valence-corrected chi connectivity index (χ2v) is 6.51. The number of fused-ring (bicyclic) bond motifs is 1. The van der Waals surface area contributed by atoms with Crippen LogP contribution in [0.5, 0.6) is 0 Å². The number of anilines is 2. The normalized spacial score (nSPS) is 17.8. The number of piperidine rings is 1. The van der Waals surface area contributed by atoms with E-state index in [1.807, 2.05) is 0 Å². The van der Waals surface area contributed by atoms with E-state index in [1.54, 1.807) is 12.1 Å². The first-order valence-corrected chi connectivity index (χ1v) is 8.78. The van der Waals surface area contributed by atoms with Crippen LogP contribution >= 0.6 is 0 Å². The minimum Gasteiger partial charge on any atom is -0.367 e. The van der Waals surface area contributed by atoms with Gasteiger partial charge in [0.05, 0.1) is 0 Å². The number of rotatable bonds is 4. The maximum absolute atomic E-state index is 13.0. The summed E-state index contributed by atoms with van der Waals surface area (Å²) >= 11 is 0. The van der Waals surface area contributed by atoms with Crippen LogP contribution in [0.25, 0.3) is 5.65 Å². The van der Waals surface area contributed by atoms with Gasteiger partial charge < -0.3 is 10.2 Å². The predicted octanol–water partition coefficient (Wildman–Crippen LogP) is 1.70. The van der Waals surface area contributed by atoms with Gasteiger partial charge in [0.25, 0.3) is 11.4 Å². The topological polar surface area (TPSA) is 104 Å². The largest absolute Gasteiger partial charge is 0.453 e. The molecule has 28 heavy (non-hydrogen) atoms. The van der Waals surface area contributed by atoms with Crippen LogP contribution in [0, 0.1) is 0 Å². The van der Waals surface area contributed by atoms with Crippen LogP contribution in [0.15, 0.2) is 29.1 Å². The molecule has 0 spiro atoms. The fraction of sp³-hybridized carbons (Fsp3) is 0.438. The highest BCUT2D eigenvalue weighted by molar-refractivity contribution is 5.45. The summed E-state index contributed by atoms with van der Waals surface area (Å²) in [5.41, 5.74) is -0.253. The number of hydrogen-bond acceptors (Lipinski definition) is 7. The number of aromatic nitrogens is 6. The van der Waals surface area contributed by atoms with Crippen molar-refractivity contribution < 1.29 is 13.2 Å². The molecule has 0 aliphatic carbocycles. The maximum atomic E-state index is 13.0. The zero-order valence-corrected chi connectivity index (χ0v) is 14.6. The quantitative estimate of drug-likeness (QED) is 0.694. The molecule has 1 aliphatic heterocycles. The fourth-order valence-corrected chi connectivity index (χ4v) is 3.29. The molecule has 0 aromatic carbocycles. The number of alkyl halides is 3. The molecule has 1 fully saturated rings. The number of halogens is 3. The van der Waals surface area contributed by atoms with Crippen LogP contribution in [-0.4, -0.2) is 49.1 Å². The van der Waals surface area contributed by atoms with Crippen molar-refractivity contribution in [1.82, 2.24) is 30.0 Å². The lowest BCUT2D eigenvalue weighted by Crippen LogP contribution is -2.44. The summed E-state index contributed by atoms with van der Waals surface area (Å²) in [5, 5.41) is 20.2. The minimum absolute atomic E-state index is 0.0228. The summed E-state index contributed by atoms with van der Waals surface area (Å²) in [4.78, 5) is 13.3. The van der Waals surface area contributed by atoms with E-state index in [1.165, 1.54) is 12.1 Å². The summed E-state index contributed by atoms with van der Waals surface area (Å²) < 4.78 is 39.7. The Balaban J connectivity index is 1.52. The summed E-state index contributed by atoms with van der Waals surface area (Å²) in [6.45, 7) is 1.24. The van der Waals surface area contributed by atoms with E-state index in [-0.39, 0.29) is 23.1 Å². The molecule has 1 unspecified atom stereocenters. The molecule has 2 N–H and O–H groups in total. The molecule has 4 rings (SSSR count). The van der Waals surface area contributed by atoms with Gasteiger partial charge in [-0.2, -0.15) is 22.8 Å². The third-order valence-electron chi connectivity index (χ3n) is 4.62. The molecule has 9 nitrogen and oxygen atoms in total. The Bertz CT molecular complexity index is 1010. The Hall–Kier alpha value is -3.18. The van der Waals surface area contributed by atoms with Gasteiger partial charge in [-0.05, 0) is 37.5 Å². The molecule has 1 atom stereocenters. The first-order valence-electron chi connectivity index (χ1n) is 8.78. The predicted molar refractivity (Wildman–Crippen MR) is 94.1 cm³/mol. The monoisotopic (exact) mass is 394 g/mol. The lowest BCUT2D eigenvalue weighted by molar-refractivity contribution is -0.146. The van der Waals surface area contributed by atoms with Crippen molar-refractivity contribution >= 4 is 17.3 Å². The Morgan fingerprint density at radius 1 is 1.18 bits per heavy atom. The second-order valence-electron chi connectivity index (χ2n) is 6.51. The number of H-pyrrole nitrogens is 1. The summed E-state index contributed by atoms with van der Waals surface area (Å²) in [7, 11) is 0. The fourth-order valence-electron chi connectivity index (χ4n) is 3.29. The SMILES string of the molecule is O=c1ccc(N2CCCCC2CNc2ccc3nnc(C(F)(F)F)n3n2)n[nH]1. The molecule has 12 heteroatoms. The maximum Gasteiger partial charge on any atom is 0.453 e. The molecule has 1 aliphatic rings. The molecule has 0 amide bonds. The van der Waals surface area contributed by atoms with Gasteiger partial charge in [0.15, 0.2) is 5.65 Å². The molecule has 3 aromatic rings. The minimum atomic E-state index is -4.64. The van der Waals surface area contributed by atoms with Gasteiger partial charge in [-0.1, -0.05) is 0 Å². The third-order valence-corrected chi connectivity index (χ3v) is 4.62. The molecular weight excluding hydrogens is 377 g/mol. The summed E-state index contributed by atoms with van der Waals surface area (Å²) in [5.74, 6) is -0.215. The molecule has 0 radical (unpaired) electrons. The van der Waals surface area contributed by atoms with Gasteiger partial charge in [-0.3, -0.25) is 4.79 Å². The van der Waals surface area contributed by atoms with Gasteiger partial charge in [-0.25, -0.2) is 5.10 Å². The highest BCUT2D eigenvalue weighted by Gasteiger charge is 2.37. The van der Waals surface area contributed by atoms with Crippen molar-refractivity contribution in [3.8, 4) is 0 Å². The summed E-state index contributed by atoms with van der Waals surface area (Å²) in [6.07, 6.45) is -1.73. The van der Waals surface area contributed by atoms with Crippen molar-refractivity contribution in [3.63, 3.8) is 0 Å². The van der Waals surface area contributed by atoms with Crippen LogP contribution in [0.1, 0.15) is 25.1 Å². The molecule has 3 aromatic heterocycles. The van der Waals surface area contributed by atoms with Crippen LogP contribution in [0.4, 0.5) is 24.8 Å². The van der Waals surface area contributed by atoms with Crippen molar-refractivity contribution in [2.75, 3.05) is 23.3 Å². The zero-order chi connectivity index (χ0) is 19.7. The number of nitrogens with zero attached hydrogens (tertiary/aromatic N) is 6. The second kappa shape index (κ2) is 7.09. The molecule has 148 valence electrons. The Kier molecular flexibility index (Phi) is 4.61. The van der Waals surface area contributed by atoms with Crippen LogP contribution in [-0.2, 0) is 6.18 Å². The molecule has 4 heterocycles. The lowest BCUT2D eigenvalue weighted by atomic mass is 10.0. The number of aromatic amines is 1. The van der Waals surface area contributed by atoms with Crippen LogP contribution < -0.4 is 15.8 Å². The van der Waals surface area contributed by atoms with Crippen LogP contribution in [0.2, 0.25) is 0 Å². The van der Waals surface area contributed by atoms with E-state index in [2.05, 4.69) is 35.7 Å². The molecule has 1 saturated heterocycles. The Morgan fingerprint density at radius 2 is 2.04 bits per heavy atom. The smallest absolute Gasteiger partial charge is 0.367 e. The third kappa shape index (κ3) is 3.62. The van der Waals surface area contributed by atoms with Gasteiger partial charge in [-0.15, -0.1) is 15.3 Å². The van der Waals surface area contributed by atoms with Gasteiger partial charge in [0, 0.05) is 25.2 Å². The van der Waals surface area contributed by atoms with Crippen molar-refractivity contribution in [1.29, 1.82) is 0 Å². The average Bonchev–Trinajstić information content (AvgIpc) is 3.11. The highest BCUT2D eigenvalue weighted by Crippen LogP contribution is 2.28. The van der Waals surface area contributed by atoms with Crippen molar-refractivity contribution in [2.24, 2.45) is 0 Å².